The maximum absolute atomic E-state index is 11.1. The minimum atomic E-state index is -0.976. The fourth-order valence-corrected chi connectivity index (χ4v) is 4.09. The summed E-state index contributed by atoms with van der Waals surface area (Å²) >= 11 is 3.39. The molecule has 1 aliphatic heterocycles. The Hall–Kier alpha value is -0.650. The number of nitrogens with two attached hydrogens (primary N) is 1. The fourth-order valence-electron chi connectivity index (χ4n) is 2.18. The molecule has 98 valence electrons. The lowest BCUT2D eigenvalue weighted by atomic mass is 10.0. The number of hydrogen-bond donors (Lipinski definition) is 1. The lowest BCUT2D eigenvalue weighted by Gasteiger charge is -2.21. The predicted molar refractivity (Wildman–Crippen MR) is 73.4 cm³/mol. The van der Waals surface area contributed by atoms with E-state index in [1.807, 2.05) is 25.4 Å². The maximum Gasteiger partial charge on any atom is 0.160 e. The number of aliphatic carboxylic acids is 1. The van der Waals surface area contributed by atoms with Crippen LogP contribution in [0.3, 0.4) is 0 Å². The molecule has 0 amide bonds. The van der Waals surface area contributed by atoms with Crippen LogP contribution in [-0.2, 0) is 4.79 Å². The lowest BCUT2D eigenvalue weighted by Crippen LogP contribution is -2.92. The highest BCUT2D eigenvalue weighted by Crippen LogP contribution is 2.40. The third kappa shape index (κ3) is 2.68. The standard InChI is InChI=1S/C13H17NO2S2/c1-13(2)10(12(15)16)14-11(18-13)8-4-6-9(17-3)7-5-8/h4-7,10-11,14H,1-3H3,(H,15,16)/t10-,11-/m0/s1. The smallest absolute Gasteiger partial charge is 0.160 e. The molecule has 0 bridgehead atoms. The van der Waals surface area contributed by atoms with Gasteiger partial charge in [0.1, 0.15) is 12.0 Å². The number of rotatable bonds is 3. The molecule has 1 aromatic carbocycles. The Bertz CT molecular complexity index is 445. The quantitative estimate of drug-likeness (QED) is 0.826. The highest BCUT2D eigenvalue weighted by atomic mass is 32.2. The molecule has 0 unspecified atom stereocenters. The van der Waals surface area contributed by atoms with Crippen LogP contribution in [0.2, 0.25) is 0 Å². The van der Waals surface area contributed by atoms with Crippen LogP contribution in [0.15, 0.2) is 29.2 Å². The van der Waals surface area contributed by atoms with Crippen molar-refractivity contribution in [3.8, 4) is 0 Å². The van der Waals surface area contributed by atoms with Gasteiger partial charge >= 0.3 is 0 Å². The number of hydrogen-bond acceptors (Lipinski definition) is 4. The number of quaternary nitrogens is 1. The molecule has 5 heteroatoms. The van der Waals surface area contributed by atoms with Gasteiger partial charge in [0.05, 0.1) is 4.75 Å². The van der Waals surface area contributed by atoms with Crippen LogP contribution in [0.1, 0.15) is 24.8 Å². The van der Waals surface area contributed by atoms with Crippen LogP contribution < -0.4 is 10.4 Å². The normalized spacial score (nSPS) is 26.2. The van der Waals surface area contributed by atoms with Gasteiger partial charge in [0.25, 0.3) is 0 Å². The van der Waals surface area contributed by atoms with Gasteiger partial charge in [0.15, 0.2) is 5.37 Å². The average Bonchev–Trinajstić information content (AvgIpc) is 2.65. The Morgan fingerprint density at radius 1 is 1.39 bits per heavy atom. The topological polar surface area (TPSA) is 56.7 Å². The number of carboxylic acids is 1. The van der Waals surface area contributed by atoms with Crippen molar-refractivity contribution in [2.24, 2.45) is 0 Å². The molecule has 0 radical (unpaired) electrons. The van der Waals surface area contributed by atoms with Crippen molar-refractivity contribution in [1.82, 2.24) is 0 Å². The van der Waals surface area contributed by atoms with E-state index in [2.05, 4.69) is 24.3 Å². The number of carbonyl (C=O) groups excluding carboxylic acids is 1. The molecule has 1 fully saturated rings. The van der Waals surface area contributed by atoms with E-state index < -0.39 is 12.0 Å². The van der Waals surface area contributed by atoms with Crippen LogP contribution in [0.4, 0.5) is 0 Å². The summed E-state index contributed by atoms with van der Waals surface area (Å²) in [6.07, 6.45) is 2.04. The van der Waals surface area contributed by atoms with Gasteiger partial charge in [0, 0.05) is 10.5 Å². The minimum Gasteiger partial charge on any atom is -0.544 e. The van der Waals surface area contributed by atoms with Gasteiger partial charge in [0.2, 0.25) is 0 Å². The first-order valence-corrected chi connectivity index (χ1v) is 7.92. The first-order chi connectivity index (χ1) is 8.44. The largest absolute Gasteiger partial charge is 0.544 e. The Labute approximate surface area is 116 Å². The summed E-state index contributed by atoms with van der Waals surface area (Å²) in [6.45, 7) is 3.93. The van der Waals surface area contributed by atoms with Crippen LogP contribution in [0, 0.1) is 0 Å². The number of carboxylic acid groups (broad SMARTS) is 1. The fraction of sp³-hybridized carbons (Fsp3) is 0.462. The van der Waals surface area contributed by atoms with Gasteiger partial charge in [-0.05, 0) is 32.2 Å². The molecule has 1 saturated heterocycles. The van der Waals surface area contributed by atoms with Crippen LogP contribution in [-0.4, -0.2) is 23.0 Å². The summed E-state index contributed by atoms with van der Waals surface area (Å²) in [5.41, 5.74) is 1.16. The Morgan fingerprint density at radius 2 is 2.00 bits per heavy atom. The predicted octanol–water partition coefficient (Wildman–Crippen LogP) is 0.614. The second-order valence-corrected chi connectivity index (χ2v) is 7.58. The molecular formula is C13H17NO2S2. The molecule has 2 atom stereocenters. The van der Waals surface area contributed by atoms with Crippen molar-refractivity contribution in [3.63, 3.8) is 0 Å². The average molecular weight is 283 g/mol. The highest BCUT2D eigenvalue weighted by Gasteiger charge is 2.46. The second kappa shape index (κ2) is 5.15. The van der Waals surface area contributed by atoms with E-state index in [9.17, 15) is 9.90 Å². The van der Waals surface area contributed by atoms with E-state index in [0.717, 1.165) is 5.56 Å². The van der Waals surface area contributed by atoms with Crippen molar-refractivity contribution in [2.45, 2.75) is 34.9 Å². The SMILES string of the molecule is CSc1ccc([C@H]2[NH2+][C@@H](C(=O)[O-])C(C)(C)S2)cc1. The number of carbonyl (C=O) groups is 1. The zero-order valence-corrected chi connectivity index (χ0v) is 12.3. The van der Waals surface area contributed by atoms with Crippen molar-refractivity contribution in [1.29, 1.82) is 0 Å². The molecule has 1 aromatic rings. The zero-order valence-electron chi connectivity index (χ0n) is 10.7. The van der Waals surface area contributed by atoms with E-state index in [-0.39, 0.29) is 10.1 Å². The third-order valence-electron chi connectivity index (χ3n) is 3.25. The highest BCUT2D eigenvalue weighted by molar-refractivity contribution is 8.00. The molecule has 1 heterocycles. The minimum absolute atomic E-state index is 0.138. The maximum atomic E-state index is 11.1. The zero-order chi connectivity index (χ0) is 13.3. The molecule has 0 aliphatic carbocycles. The van der Waals surface area contributed by atoms with Gasteiger partial charge in [-0.3, -0.25) is 0 Å². The number of benzene rings is 1. The van der Waals surface area contributed by atoms with Gasteiger partial charge in [-0.25, -0.2) is 0 Å². The van der Waals surface area contributed by atoms with Crippen LogP contribution >= 0.6 is 23.5 Å². The monoisotopic (exact) mass is 283 g/mol. The summed E-state index contributed by atoms with van der Waals surface area (Å²) in [5, 5.41) is 13.2. The molecule has 3 nitrogen and oxygen atoms in total. The van der Waals surface area contributed by atoms with Crippen molar-refractivity contribution >= 4 is 29.5 Å². The Morgan fingerprint density at radius 3 is 2.44 bits per heavy atom. The van der Waals surface area contributed by atoms with Gasteiger partial charge in [-0.15, -0.1) is 11.8 Å². The Balaban J connectivity index is 2.18. The van der Waals surface area contributed by atoms with Gasteiger partial charge in [-0.1, -0.05) is 23.9 Å². The van der Waals surface area contributed by atoms with E-state index in [0.29, 0.717) is 0 Å². The molecule has 2 N–H and O–H groups in total. The first kappa shape index (κ1) is 13.8. The summed E-state index contributed by atoms with van der Waals surface area (Å²) in [4.78, 5) is 12.4. The Kier molecular flexibility index (Phi) is 3.94. The third-order valence-corrected chi connectivity index (χ3v) is 5.53. The molecule has 2 rings (SSSR count). The van der Waals surface area contributed by atoms with Crippen LogP contribution in [0.5, 0.6) is 0 Å². The summed E-state index contributed by atoms with van der Waals surface area (Å²) in [6, 6.07) is 7.82. The molecule has 18 heavy (non-hydrogen) atoms. The molecule has 0 spiro atoms. The molecular weight excluding hydrogens is 266 g/mol. The van der Waals surface area contributed by atoms with Crippen LogP contribution in [0.25, 0.3) is 0 Å². The second-order valence-electron chi connectivity index (χ2n) is 4.90. The summed E-state index contributed by atoms with van der Waals surface area (Å²) < 4.78 is -0.304. The van der Waals surface area contributed by atoms with E-state index in [1.54, 1.807) is 23.5 Å². The summed E-state index contributed by atoms with van der Waals surface area (Å²) in [5.74, 6) is -0.976. The van der Waals surface area contributed by atoms with Crippen molar-refractivity contribution in [2.75, 3.05) is 6.26 Å². The van der Waals surface area contributed by atoms with Gasteiger partial charge < -0.3 is 15.2 Å². The molecule has 0 saturated carbocycles. The summed E-state index contributed by atoms with van der Waals surface area (Å²) in [7, 11) is 0. The molecule has 1 aliphatic rings. The number of thioether (sulfide) groups is 2. The first-order valence-electron chi connectivity index (χ1n) is 5.81. The van der Waals surface area contributed by atoms with Crippen molar-refractivity contribution < 1.29 is 15.2 Å². The van der Waals surface area contributed by atoms with Gasteiger partial charge in [-0.2, -0.15) is 0 Å². The van der Waals surface area contributed by atoms with E-state index in [4.69, 9.17) is 0 Å². The molecule has 0 aromatic heterocycles. The van der Waals surface area contributed by atoms with E-state index in [1.165, 1.54) is 4.90 Å². The lowest BCUT2D eigenvalue weighted by molar-refractivity contribution is -0.695. The van der Waals surface area contributed by atoms with Crippen molar-refractivity contribution in [3.05, 3.63) is 29.8 Å². The van der Waals surface area contributed by atoms with E-state index >= 15 is 0 Å².